The number of carbonyl (C=O) groups is 1. The van der Waals surface area contributed by atoms with Crippen LogP contribution in [0.5, 0.6) is 0 Å². The molecule has 18 heavy (non-hydrogen) atoms. The van der Waals surface area contributed by atoms with Crippen LogP contribution in [0.3, 0.4) is 0 Å². The molecule has 0 aromatic carbocycles. The van der Waals surface area contributed by atoms with Crippen molar-refractivity contribution in [3.8, 4) is 0 Å². The summed E-state index contributed by atoms with van der Waals surface area (Å²) in [6.45, 7) is 4.38. The second-order valence-corrected chi connectivity index (χ2v) is 5.32. The second-order valence-electron chi connectivity index (χ2n) is 5.32. The Morgan fingerprint density at radius 1 is 1.61 bits per heavy atom. The first-order valence-corrected chi connectivity index (χ1v) is 6.20. The molecule has 1 aromatic rings. The van der Waals surface area contributed by atoms with Crippen LogP contribution in [0, 0.1) is 12.8 Å². The van der Waals surface area contributed by atoms with E-state index >= 15 is 0 Å². The number of hydrogen-bond donors (Lipinski definition) is 3. The molecule has 100 valence electrons. The van der Waals surface area contributed by atoms with Gasteiger partial charge in [0.1, 0.15) is 11.4 Å². The maximum Gasteiger partial charge on any atom is 0.254 e. The first-order chi connectivity index (χ1) is 8.39. The minimum absolute atomic E-state index is 0.204. The zero-order valence-electron chi connectivity index (χ0n) is 11.2. The van der Waals surface area contributed by atoms with Gasteiger partial charge in [-0.3, -0.25) is 9.48 Å². The fourth-order valence-electron chi connectivity index (χ4n) is 2.41. The van der Waals surface area contributed by atoms with Crippen LogP contribution in [0.2, 0.25) is 0 Å². The SMILES string of the molecule is Cc1nn(C)c(NC(C)(CN)C2CC2)c1C(N)=O. The highest BCUT2D eigenvalue weighted by molar-refractivity contribution is 5.99. The van der Waals surface area contributed by atoms with E-state index in [0.29, 0.717) is 29.5 Å². The minimum atomic E-state index is -0.460. The topological polar surface area (TPSA) is 99.0 Å². The molecule has 0 radical (unpaired) electrons. The van der Waals surface area contributed by atoms with Gasteiger partial charge in [0.05, 0.1) is 11.2 Å². The number of aryl methyl sites for hydroxylation is 2. The molecule has 1 amide bonds. The fourth-order valence-corrected chi connectivity index (χ4v) is 2.41. The van der Waals surface area contributed by atoms with Gasteiger partial charge in [-0.15, -0.1) is 0 Å². The van der Waals surface area contributed by atoms with Gasteiger partial charge in [0.15, 0.2) is 0 Å². The Balaban J connectivity index is 2.36. The highest BCUT2D eigenvalue weighted by atomic mass is 16.1. The van der Waals surface area contributed by atoms with Gasteiger partial charge in [-0.2, -0.15) is 5.10 Å². The Kier molecular flexibility index (Phi) is 3.06. The van der Waals surface area contributed by atoms with Crippen LogP contribution in [0.4, 0.5) is 5.82 Å². The van der Waals surface area contributed by atoms with E-state index < -0.39 is 5.91 Å². The summed E-state index contributed by atoms with van der Waals surface area (Å²) in [6, 6.07) is 0. The number of aromatic nitrogens is 2. The Labute approximate surface area is 107 Å². The minimum Gasteiger partial charge on any atom is -0.365 e. The van der Waals surface area contributed by atoms with Crippen molar-refractivity contribution in [2.75, 3.05) is 11.9 Å². The molecule has 0 bridgehead atoms. The van der Waals surface area contributed by atoms with Crippen LogP contribution in [0.15, 0.2) is 0 Å². The van der Waals surface area contributed by atoms with Crippen LogP contribution < -0.4 is 16.8 Å². The van der Waals surface area contributed by atoms with Gasteiger partial charge >= 0.3 is 0 Å². The third kappa shape index (κ3) is 2.08. The molecule has 5 N–H and O–H groups in total. The predicted molar refractivity (Wildman–Crippen MR) is 70.3 cm³/mol. The molecule has 6 heteroatoms. The number of anilines is 1. The van der Waals surface area contributed by atoms with Crippen molar-refractivity contribution in [2.24, 2.45) is 24.4 Å². The summed E-state index contributed by atoms with van der Waals surface area (Å²) in [5.41, 5.74) is 12.2. The molecule has 1 atom stereocenters. The van der Waals surface area contributed by atoms with Gasteiger partial charge in [0, 0.05) is 13.6 Å². The van der Waals surface area contributed by atoms with Crippen molar-refractivity contribution in [1.29, 1.82) is 0 Å². The van der Waals surface area contributed by atoms with E-state index in [2.05, 4.69) is 17.3 Å². The molecule has 0 saturated heterocycles. The number of nitrogens with one attached hydrogen (secondary N) is 1. The van der Waals surface area contributed by atoms with Gasteiger partial charge in [0.2, 0.25) is 0 Å². The molecular weight excluding hydrogens is 230 g/mol. The van der Waals surface area contributed by atoms with Crippen molar-refractivity contribution in [3.63, 3.8) is 0 Å². The average Bonchev–Trinajstić information content (AvgIpc) is 3.07. The Bertz CT molecular complexity index is 477. The van der Waals surface area contributed by atoms with E-state index in [4.69, 9.17) is 11.5 Å². The van der Waals surface area contributed by atoms with Crippen LogP contribution in [-0.4, -0.2) is 27.8 Å². The number of primary amides is 1. The van der Waals surface area contributed by atoms with Gasteiger partial charge in [-0.05, 0) is 32.6 Å². The molecule has 1 aliphatic carbocycles. The van der Waals surface area contributed by atoms with Crippen molar-refractivity contribution >= 4 is 11.7 Å². The summed E-state index contributed by atoms with van der Waals surface area (Å²) in [5.74, 6) is 0.761. The lowest BCUT2D eigenvalue weighted by Crippen LogP contribution is -2.45. The first-order valence-electron chi connectivity index (χ1n) is 6.20. The summed E-state index contributed by atoms with van der Waals surface area (Å²) in [7, 11) is 1.80. The number of rotatable bonds is 5. The zero-order valence-corrected chi connectivity index (χ0v) is 11.2. The quantitative estimate of drug-likeness (QED) is 0.704. The predicted octanol–water partition coefficient (Wildman–Crippen LogP) is 0.367. The smallest absolute Gasteiger partial charge is 0.254 e. The molecule has 1 aliphatic rings. The molecule has 1 heterocycles. The van der Waals surface area contributed by atoms with Crippen molar-refractivity contribution in [3.05, 3.63) is 11.3 Å². The van der Waals surface area contributed by atoms with Gasteiger partial charge in [-0.1, -0.05) is 0 Å². The number of hydrogen-bond acceptors (Lipinski definition) is 4. The summed E-state index contributed by atoms with van der Waals surface area (Å²) in [6.07, 6.45) is 2.34. The van der Waals surface area contributed by atoms with Gasteiger partial charge < -0.3 is 16.8 Å². The largest absolute Gasteiger partial charge is 0.365 e. The first kappa shape index (κ1) is 12.9. The van der Waals surface area contributed by atoms with E-state index in [0.717, 1.165) is 0 Å². The van der Waals surface area contributed by atoms with E-state index in [1.165, 1.54) is 12.8 Å². The van der Waals surface area contributed by atoms with Crippen molar-refractivity contribution in [1.82, 2.24) is 9.78 Å². The maximum atomic E-state index is 11.5. The van der Waals surface area contributed by atoms with E-state index in [9.17, 15) is 4.79 Å². The average molecular weight is 251 g/mol. The molecular formula is C12H21N5O. The van der Waals surface area contributed by atoms with E-state index in [1.54, 1.807) is 18.7 Å². The normalized spacial score (nSPS) is 18.4. The van der Waals surface area contributed by atoms with Crippen LogP contribution in [-0.2, 0) is 7.05 Å². The Morgan fingerprint density at radius 3 is 2.67 bits per heavy atom. The summed E-state index contributed by atoms with van der Waals surface area (Å²) in [5, 5.41) is 7.62. The Hall–Kier alpha value is -1.56. The molecule has 1 fully saturated rings. The zero-order chi connectivity index (χ0) is 13.5. The molecule has 2 rings (SSSR count). The van der Waals surface area contributed by atoms with Crippen LogP contribution in [0.1, 0.15) is 35.8 Å². The van der Waals surface area contributed by atoms with Crippen LogP contribution >= 0.6 is 0 Å². The number of nitrogens with two attached hydrogens (primary N) is 2. The fraction of sp³-hybridized carbons (Fsp3) is 0.667. The highest BCUT2D eigenvalue weighted by Gasteiger charge is 2.41. The molecule has 0 spiro atoms. The van der Waals surface area contributed by atoms with Gasteiger partial charge in [-0.25, -0.2) is 0 Å². The summed E-state index contributed by atoms with van der Waals surface area (Å²) < 4.78 is 1.66. The van der Waals surface area contributed by atoms with E-state index in [-0.39, 0.29) is 5.54 Å². The third-order valence-electron chi connectivity index (χ3n) is 3.78. The summed E-state index contributed by atoms with van der Waals surface area (Å²) >= 11 is 0. The van der Waals surface area contributed by atoms with Crippen molar-refractivity contribution < 1.29 is 4.79 Å². The van der Waals surface area contributed by atoms with Crippen LogP contribution in [0.25, 0.3) is 0 Å². The third-order valence-corrected chi connectivity index (χ3v) is 3.78. The second kappa shape index (κ2) is 4.28. The highest BCUT2D eigenvalue weighted by Crippen LogP contribution is 2.41. The lowest BCUT2D eigenvalue weighted by Gasteiger charge is -2.31. The lowest BCUT2D eigenvalue weighted by molar-refractivity contribution is 0.100. The molecule has 6 nitrogen and oxygen atoms in total. The monoisotopic (exact) mass is 251 g/mol. The number of carbonyl (C=O) groups excluding carboxylic acids is 1. The Morgan fingerprint density at radius 2 is 2.22 bits per heavy atom. The van der Waals surface area contributed by atoms with Crippen molar-refractivity contribution in [2.45, 2.75) is 32.2 Å². The summed E-state index contributed by atoms with van der Waals surface area (Å²) in [4.78, 5) is 11.5. The van der Waals surface area contributed by atoms with E-state index in [1.807, 2.05) is 0 Å². The maximum absolute atomic E-state index is 11.5. The van der Waals surface area contributed by atoms with Gasteiger partial charge in [0.25, 0.3) is 5.91 Å². The lowest BCUT2D eigenvalue weighted by atomic mass is 9.95. The standard InChI is InChI=1S/C12H21N5O/c1-7-9(10(14)18)11(17(3)16-7)15-12(2,6-13)8-4-5-8/h8,15H,4-6,13H2,1-3H3,(H2,14,18). The number of amides is 1. The molecule has 0 aliphatic heterocycles. The molecule has 1 unspecified atom stereocenters. The number of nitrogens with zero attached hydrogens (tertiary/aromatic N) is 2. The molecule has 1 aromatic heterocycles. The molecule has 1 saturated carbocycles.